The Kier molecular flexibility index (Phi) is 36.9. The molecular weight excluding hydrogens is 823 g/mol. The molecule has 2 amide bonds. The molecule has 0 saturated heterocycles. The van der Waals surface area contributed by atoms with Crippen LogP contribution in [0.4, 0.5) is 0 Å². The molecule has 0 aliphatic carbocycles. The van der Waals surface area contributed by atoms with E-state index >= 15 is 0 Å². The van der Waals surface area contributed by atoms with Gasteiger partial charge in [-0.3, -0.25) is 9.59 Å². The van der Waals surface area contributed by atoms with Crippen molar-refractivity contribution in [3.05, 3.63) is 29.8 Å². The molecule has 2 N–H and O–H groups in total. The third-order valence-corrected chi connectivity index (χ3v) is 8.95. The summed E-state index contributed by atoms with van der Waals surface area (Å²) in [7, 11) is 1.50. The number of hydrogen-bond acceptors (Lipinski definition) is 16. The first kappa shape index (κ1) is 54.8. The maximum Gasteiger partial charge on any atom is 0.245 e. The van der Waals surface area contributed by atoms with Gasteiger partial charge >= 0.3 is 0 Å². The van der Waals surface area contributed by atoms with E-state index < -0.39 is 0 Å². The van der Waals surface area contributed by atoms with E-state index in [0.717, 1.165) is 56.9 Å². The minimum atomic E-state index is -0.107. The smallest absolute Gasteiger partial charge is 0.245 e. The number of rotatable bonds is 43. The lowest BCUT2D eigenvalue weighted by Crippen LogP contribution is -2.28. The summed E-state index contributed by atoms with van der Waals surface area (Å²) in [6.07, 6.45) is 15.6. The second kappa shape index (κ2) is 41.7. The van der Waals surface area contributed by atoms with Crippen LogP contribution in [0.25, 0.3) is 0 Å². The van der Waals surface area contributed by atoms with Gasteiger partial charge in [0.1, 0.15) is 12.3 Å². The van der Waals surface area contributed by atoms with Gasteiger partial charge in [-0.2, -0.15) is 0 Å². The Balaban J connectivity index is 1.21. The molecule has 352 valence electrons. The van der Waals surface area contributed by atoms with Crippen LogP contribution in [-0.4, -0.2) is 169 Å². The Hall–Kier alpha value is -3.29. The van der Waals surface area contributed by atoms with Gasteiger partial charge in [-0.05, 0) is 64.0 Å². The molecule has 2 rings (SSSR count). The second-order valence-corrected chi connectivity index (χ2v) is 14.6. The molecule has 0 saturated carbocycles. The number of aromatic nitrogens is 5. The standard InChI is InChI=1S/C43H73N7O11S/c1-53-38-42(52)44-16-6-18-54-19-7-20-55-21-8-22-56-23-9-24-57-25-10-26-58-27-11-28-59-29-12-30-60-31-13-32-61-33-17-50-37-40(48-49-50)36-45-41(51)15-5-3-4-14-39-34-46-43(62-2)47-35-39/h34-35,37H,3,5-13,15-33,36,38H2,1-2H3,(H,44,52)(H,45,51). The normalized spacial score (nSPS) is 11.1. The zero-order chi connectivity index (χ0) is 44.2. The highest BCUT2D eigenvalue weighted by atomic mass is 32.2. The summed E-state index contributed by atoms with van der Waals surface area (Å²) in [5.41, 5.74) is 1.47. The molecule has 19 heteroatoms. The van der Waals surface area contributed by atoms with Crippen LogP contribution >= 0.6 is 11.8 Å². The minimum Gasteiger partial charge on any atom is -0.381 e. The van der Waals surface area contributed by atoms with Crippen molar-refractivity contribution in [2.24, 2.45) is 0 Å². The molecular formula is C43H73N7O11S. The topological polar surface area (TPSA) is 198 Å². The van der Waals surface area contributed by atoms with Crippen molar-refractivity contribution in [1.29, 1.82) is 0 Å². The van der Waals surface area contributed by atoms with Gasteiger partial charge in [-0.25, -0.2) is 14.6 Å². The minimum absolute atomic E-state index is 0.0421. The molecule has 2 aromatic heterocycles. The van der Waals surface area contributed by atoms with Gasteiger partial charge in [-0.1, -0.05) is 28.8 Å². The summed E-state index contributed by atoms with van der Waals surface area (Å²) >= 11 is 1.48. The van der Waals surface area contributed by atoms with Crippen LogP contribution in [0.2, 0.25) is 0 Å². The molecule has 0 spiro atoms. The number of unbranched alkanes of at least 4 members (excludes halogenated alkanes) is 1. The number of nitrogens with one attached hydrogen (secondary N) is 2. The van der Waals surface area contributed by atoms with Crippen molar-refractivity contribution in [2.45, 2.75) is 88.9 Å². The SMILES string of the molecule is COCC(=O)NCCCOCCCOCCCOCCCOCCCOCCCOCCCOCCCOCCn1cc(CNC(=O)CCCC#Cc2cnc(SC)nc2)nn1. The Labute approximate surface area is 373 Å². The summed E-state index contributed by atoms with van der Waals surface area (Å²) < 4.78 is 51.7. The van der Waals surface area contributed by atoms with Gasteiger partial charge in [0, 0.05) is 138 Å². The van der Waals surface area contributed by atoms with Crippen molar-refractivity contribution in [3.63, 3.8) is 0 Å². The van der Waals surface area contributed by atoms with Crippen LogP contribution in [0.15, 0.2) is 23.7 Å². The highest BCUT2D eigenvalue weighted by molar-refractivity contribution is 7.98. The van der Waals surface area contributed by atoms with E-state index in [1.165, 1.54) is 18.9 Å². The lowest BCUT2D eigenvalue weighted by Gasteiger charge is -2.08. The third-order valence-electron chi connectivity index (χ3n) is 8.37. The number of ether oxygens (including phenoxy) is 9. The summed E-state index contributed by atoms with van der Waals surface area (Å²) in [4.78, 5) is 31.8. The average Bonchev–Trinajstić information content (AvgIpc) is 3.74. The van der Waals surface area contributed by atoms with Gasteiger partial charge in [0.25, 0.3) is 0 Å². The number of nitrogens with zero attached hydrogens (tertiary/aromatic N) is 5. The van der Waals surface area contributed by atoms with Crippen molar-refractivity contribution in [3.8, 4) is 11.8 Å². The third kappa shape index (κ3) is 34.2. The van der Waals surface area contributed by atoms with Gasteiger partial charge in [0.15, 0.2) is 5.16 Å². The number of hydrogen-bond donors (Lipinski definition) is 2. The van der Waals surface area contributed by atoms with E-state index in [-0.39, 0.29) is 18.4 Å². The van der Waals surface area contributed by atoms with Crippen molar-refractivity contribution >= 4 is 23.6 Å². The predicted octanol–water partition coefficient (Wildman–Crippen LogP) is 3.64. The highest BCUT2D eigenvalue weighted by Crippen LogP contribution is 2.06. The van der Waals surface area contributed by atoms with Crippen LogP contribution < -0.4 is 10.6 Å². The molecule has 0 fully saturated rings. The van der Waals surface area contributed by atoms with E-state index in [4.69, 9.17) is 42.6 Å². The van der Waals surface area contributed by atoms with Crippen molar-refractivity contribution in [2.75, 3.05) is 132 Å². The van der Waals surface area contributed by atoms with Crippen LogP contribution in [0.3, 0.4) is 0 Å². The fraction of sp³-hybridized carbons (Fsp3) is 0.767. The van der Waals surface area contributed by atoms with E-state index in [1.54, 1.807) is 17.1 Å². The Morgan fingerprint density at radius 3 is 1.56 bits per heavy atom. The zero-order valence-electron chi connectivity index (χ0n) is 37.3. The molecule has 18 nitrogen and oxygen atoms in total. The van der Waals surface area contributed by atoms with Crippen molar-refractivity contribution in [1.82, 2.24) is 35.6 Å². The zero-order valence-corrected chi connectivity index (χ0v) is 38.1. The average molecular weight is 896 g/mol. The number of carbonyl (C=O) groups is 2. The molecule has 0 aliphatic rings. The number of carbonyl (C=O) groups excluding carboxylic acids is 2. The summed E-state index contributed by atoms with van der Waals surface area (Å²) in [5.74, 6) is 5.94. The molecule has 2 aromatic rings. The molecule has 0 unspecified atom stereocenters. The van der Waals surface area contributed by atoms with E-state index in [9.17, 15) is 9.59 Å². The van der Waals surface area contributed by atoms with Crippen molar-refractivity contribution < 1.29 is 52.2 Å². The van der Waals surface area contributed by atoms with Crippen LogP contribution in [0.1, 0.15) is 81.9 Å². The summed E-state index contributed by atoms with van der Waals surface area (Å²) in [5, 5.41) is 14.6. The van der Waals surface area contributed by atoms with Gasteiger partial charge in [0.2, 0.25) is 11.8 Å². The lowest BCUT2D eigenvalue weighted by atomic mass is 10.2. The first-order valence-electron chi connectivity index (χ1n) is 22.0. The lowest BCUT2D eigenvalue weighted by molar-refractivity contribution is -0.124. The van der Waals surface area contributed by atoms with Crippen LogP contribution in [0, 0.1) is 11.8 Å². The molecule has 0 bridgehead atoms. The molecule has 0 aliphatic heterocycles. The monoisotopic (exact) mass is 896 g/mol. The Bertz CT molecular complexity index is 1420. The summed E-state index contributed by atoms with van der Waals surface area (Å²) in [6, 6.07) is 0. The first-order chi connectivity index (χ1) is 30.6. The number of amides is 2. The fourth-order valence-corrected chi connectivity index (χ4v) is 5.51. The molecule has 0 radical (unpaired) electrons. The Morgan fingerprint density at radius 2 is 1.10 bits per heavy atom. The molecule has 2 heterocycles. The fourth-order valence-electron chi connectivity index (χ4n) is 5.19. The quantitative estimate of drug-likeness (QED) is 0.0423. The number of thioether (sulfide) groups is 1. The maximum absolute atomic E-state index is 12.2. The van der Waals surface area contributed by atoms with E-state index in [0.29, 0.717) is 155 Å². The van der Waals surface area contributed by atoms with Crippen LogP contribution in [-0.2, 0) is 65.3 Å². The number of methoxy groups -OCH3 is 1. The highest BCUT2D eigenvalue weighted by Gasteiger charge is 2.05. The Morgan fingerprint density at radius 1 is 0.629 bits per heavy atom. The van der Waals surface area contributed by atoms with Gasteiger partial charge in [-0.15, -0.1) is 5.10 Å². The van der Waals surface area contributed by atoms with E-state index in [2.05, 4.69) is 42.8 Å². The van der Waals surface area contributed by atoms with Gasteiger partial charge in [0.05, 0.1) is 31.5 Å². The second-order valence-electron chi connectivity index (χ2n) is 13.9. The predicted molar refractivity (Wildman–Crippen MR) is 235 cm³/mol. The first-order valence-corrected chi connectivity index (χ1v) is 23.2. The van der Waals surface area contributed by atoms with Gasteiger partial charge < -0.3 is 53.3 Å². The van der Waals surface area contributed by atoms with E-state index in [1.807, 2.05) is 12.5 Å². The van der Waals surface area contributed by atoms with Crippen LogP contribution in [0.5, 0.6) is 0 Å². The maximum atomic E-state index is 12.2. The summed E-state index contributed by atoms with van der Waals surface area (Å²) in [6.45, 7) is 12.1. The molecule has 0 atom stereocenters. The largest absolute Gasteiger partial charge is 0.381 e. The molecule has 62 heavy (non-hydrogen) atoms. The molecule has 0 aromatic carbocycles.